The predicted octanol–water partition coefficient (Wildman–Crippen LogP) is 0.953. The van der Waals surface area contributed by atoms with Crippen molar-refractivity contribution in [1.82, 2.24) is 20.1 Å². The third kappa shape index (κ3) is 2.89. The molecule has 1 aromatic carbocycles. The predicted molar refractivity (Wildman–Crippen MR) is 91.4 cm³/mol. The lowest BCUT2D eigenvalue weighted by Crippen LogP contribution is -2.34. The summed E-state index contributed by atoms with van der Waals surface area (Å²) in [7, 11) is 1.52. The molecular weight excluding hydrogens is 324 g/mol. The number of aromatic hydroxyl groups is 1. The van der Waals surface area contributed by atoms with Crippen molar-refractivity contribution >= 4 is 22.6 Å². The topological polar surface area (TPSA) is 117 Å². The molecular formula is C17H16N4O4. The van der Waals surface area contributed by atoms with Crippen LogP contribution in [0.1, 0.15) is 17.3 Å². The van der Waals surface area contributed by atoms with Gasteiger partial charge in [-0.3, -0.25) is 19.5 Å². The van der Waals surface area contributed by atoms with Crippen LogP contribution >= 0.6 is 0 Å². The normalized spacial score (nSPS) is 10.8. The summed E-state index contributed by atoms with van der Waals surface area (Å²) in [5, 5.41) is 19.7. The molecule has 0 aliphatic heterocycles. The number of aromatic amines is 1. The van der Waals surface area contributed by atoms with Crippen molar-refractivity contribution in [3.63, 3.8) is 0 Å². The molecule has 0 aliphatic rings. The molecule has 2 aromatic heterocycles. The molecule has 128 valence electrons. The second-order valence-electron chi connectivity index (χ2n) is 5.69. The van der Waals surface area contributed by atoms with Gasteiger partial charge >= 0.3 is 0 Å². The molecule has 8 heteroatoms. The standard InChI is InChI=1S/C17H16N4O4/c1-9(22)6-18-16(24)14-15(23)12-4-3-10(11-7-19-20-8-11)5-13(12)21(2)17(14)25/h3-5,7-8,23H,6H2,1-2H3,(H,18,24)(H,19,20). The van der Waals surface area contributed by atoms with Gasteiger partial charge in [-0.15, -0.1) is 0 Å². The van der Waals surface area contributed by atoms with E-state index in [1.165, 1.54) is 18.5 Å². The maximum absolute atomic E-state index is 12.5. The Labute approximate surface area is 142 Å². The Bertz CT molecular complexity index is 1030. The van der Waals surface area contributed by atoms with Gasteiger partial charge in [-0.25, -0.2) is 0 Å². The summed E-state index contributed by atoms with van der Waals surface area (Å²) in [4.78, 5) is 35.7. The monoisotopic (exact) mass is 340 g/mol. The first kappa shape index (κ1) is 16.4. The molecule has 0 fully saturated rings. The molecule has 3 N–H and O–H groups in total. The summed E-state index contributed by atoms with van der Waals surface area (Å²) in [6, 6.07) is 5.13. The maximum atomic E-state index is 12.5. The van der Waals surface area contributed by atoms with E-state index in [2.05, 4.69) is 15.5 Å². The van der Waals surface area contributed by atoms with Gasteiger partial charge in [0.05, 0.1) is 18.3 Å². The average Bonchev–Trinajstić information content (AvgIpc) is 3.12. The zero-order valence-electron chi connectivity index (χ0n) is 13.7. The SMILES string of the molecule is CC(=O)CNC(=O)c1c(O)c2ccc(-c3cn[nH]c3)cc2n(C)c1=O. The zero-order chi connectivity index (χ0) is 18.1. The van der Waals surface area contributed by atoms with E-state index in [-0.39, 0.29) is 17.9 Å². The van der Waals surface area contributed by atoms with E-state index in [0.29, 0.717) is 10.9 Å². The number of rotatable bonds is 4. The molecule has 0 radical (unpaired) electrons. The van der Waals surface area contributed by atoms with E-state index < -0.39 is 17.2 Å². The van der Waals surface area contributed by atoms with E-state index in [4.69, 9.17) is 0 Å². The highest BCUT2D eigenvalue weighted by atomic mass is 16.3. The molecule has 2 heterocycles. The Hall–Kier alpha value is -3.42. The number of hydrogen-bond donors (Lipinski definition) is 3. The van der Waals surface area contributed by atoms with Crippen LogP contribution in [0.4, 0.5) is 0 Å². The molecule has 0 bridgehead atoms. The van der Waals surface area contributed by atoms with Crippen LogP contribution in [0.2, 0.25) is 0 Å². The number of nitrogens with zero attached hydrogens (tertiary/aromatic N) is 2. The Morgan fingerprint density at radius 1 is 1.32 bits per heavy atom. The van der Waals surface area contributed by atoms with E-state index in [9.17, 15) is 19.5 Å². The summed E-state index contributed by atoms with van der Waals surface area (Å²) in [6.45, 7) is 1.11. The number of H-pyrrole nitrogens is 1. The van der Waals surface area contributed by atoms with Gasteiger partial charge in [0.1, 0.15) is 17.1 Å². The zero-order valence-corrected chi connectivity index (χ0v) is 13.7. The highest BCUT2D eigenvalue weighted by Gasteiger charge is 2.21. The van der Waals surface area contributed by atoms with Crippen LogP contribution in [0, 0.1) is 0 Å². The van der Waals surface area contributed by atoms with Crippen molar-refractivity contribution in [2.75, 3.05) is 6.54 Å². The number of carbonyl (C=O) groups excluding carboxylic acids is 2. The van der Waals surface area contributed by atoms with Crippen molar-refractivity contribution in [3.05, 3.63) is 46.5 Å². The number of amides is 1. The first-order valence-electron chi connectivity index (χ1n) is 7.52. The van der Waals surface area contributed by atoms with Crippen LogP contribution < -0.4 is 10.9 Å². The molecule has 0 spiro atoms. The highest BCUT2D eigenvalue weighted by Crippen LogP contribution is 2.29. The number of hydrogen-bond acceptors (Lipinski definition) is 5. The molecule has 25 heavy (non-hydrogen) atoms. The van der Waals surface area contributed by atoms with Crippen molar-refractivity contribution in [3.8, 4) is 16.9 Å². The first-order chi connectivity index (χ1) is 11.9. The van der Waals surface area contributed by atoms with E-state index in [0.717, 1.165) is 11.1 Å². The fourth-order valence-corrected chi connectivity index (χ4v) is 2.61. The second kappa shape index (κ2) is 6.23. The van der Waals surface area contributed by atoms with E-state index in [1.807, 2.05) is 0 Å². The van der Waals surface area contributed by atoms with Crippen LogP contribution in [-0.2, 0) is 11.8 Å². The minimum Gasteiger partial charge on any atom is -0.506 e. The molecule has 0 saturated carbocycles. The van der Waals surface area contributed by atoms with Gasteiger partial charge in [0.15, 0.2) is 0 Å². The van der Waals surface area contributed by atoms with Crippen LogP contribution in [-0.4, -0.2) is 38.1 Å². The number of nitrogens with one attached hydrogen (secondary N) is 2. The Morgan fingerprint density at radius 2 is 2.08 bits per heavy atom. The van der Waals surface area contributed by atoms with E-state index >= 15 is 0 Å². The number of carbonyl (C=O) groups is 2. The van der Waals surface area contributed by atoms with Crippen LogP contribution in [0.15, 0.2) is 35.4 Å². The molecule has 0 unspecified atom stereocenters. The van der Waals surface area contributed by atoms with Gasteiger partial charge in [-0.2, -0.15) is 5.10 Å². The molecule has 3 aromatic rings. The number of Topliss-reactive ketones (excluding diaryl/α,β-unsaturated/α-hetero) is 1. The third-order valence-electron chi connectivity index (χ3n) is 3.93. The van der Waals surface area contributed by atoms with E-state index in [1.54, 1.807) is 30.6 Å². The number of pyridine rings is 1. The minimum atomic E-state index is -0.783. The van der Waals surface area contributed by atoms with Gasteiger partial charge in [0.25, 0.3) is 11.5 Å². The Kier molecular flexibility index (Phi) is 4.10. The number of benzene rings is 1. The summed E-state index contributed by atoms with van der Waals surface area (Å²) in [5.41, 5.74) is 1.09. The fourth-order valence-electron chi connectivity index (χ4n) is 2.61. The summed E-state index contributed by atoms with van der Waals surface area (Å²) >= 11 is 0. The van der Waals surface area contributed by atoms with Crippen molar-refractivity contribution in [2.45, 2.75) is 6.92 Å². The second-order valence-corrected chi connectivity index (χ2v) is 5.69. The third-order valence-corrected chi connectivity index (χ3v) is 3.93. The lowest BCUT2D eigenvalue weighted by Gasteiger charge is -2.12. The van der Waals surface area contributed by atoms with Crippen LogP contribution in [0.5, 0.6) is 5.75 Å². The number of fused-ring (bicyclic) bond motifs is 1. The number of aryl methyl sites for hydroxylation is 1. The summed E-state index contributed by atoms with van der Waals surface area (Å²) < 4.78 is 1.29. The van der Waals surface area contributed by atoms with Gasteiger partial charge < -0.3 is 15.0 Å². The van der Waals surface area contributed by atoms with Gasteiger partial charge in [0, 0.05) is 24.2 Å². The largest absolute Gasteiger partial charge is 0.506 e. The lowest BCUT2D eigenvalue weighted by molar-refractivity contribution is -0.116. The van der Waals surface area contributed by atoms with Gasteiger partial charge in [0.2, 0.25) is 0 Å². The smallest absolute Gasteiger partial charge is 0.267 e. The molecule has 8 nitrogen and oxygen atoms in total. The fraction of sp³-hybridized carbons (Fsp3) is 0.176. The molecule has 0 atom stereocenters. The molecule has 0 saturated heterocycles. The van der Waals surface area contributed by atoms with Gasteiger partial charge in [-0.1, -0.05) is 6.07 Å². The van der Waals surface area contributed by atoms with Crippen molar-refractivity contribution in [1.29, 1.82) is 0 Å². The lowest BCUT2D eigenvalue weighted by atomic mass is 10.0. The van der Waals surface area contributed by atoms with Gasteiger partial charge in [-0.05, 0) is 24.6 Å². The Balaban J connectivity index is 2.16. The Morgan fingerprint density at radius 3 is 2.72 bits per heavy atom. The quantitative estimate of drug-likeness (QED) is 0.654. The van der Waals surface area contributed by atoms with Crippen LogP contribution in [0.3, 0.4) is 0 Å². The maximum Gasteiger partial charge on any atom is 0.267 e. The summed E-state index contributed by atoms with van der Waals surface area (Å²) in [5.74, 6) is -1.44. The highest BCUT2D eigenvalue weighted by molar-refractivity contribution is 6.03. The van der Waals surface area contributed by atoms with Crippen molar-refractivity contribution < 1.29 is 14.7 Å². The molecule has 1 amide bonds. The molecule has 0 aliphatic carbocycles. The molecule has 3 rings (SSSR count). The van der Waals surface area contributed by atoms with Crippen molar-refractivity contribution in [2.24, 2.45) is 7.05 Å². The average molecular weight is 340 g/mol. The van der Waals surface area contributed by atoms with Crippen LogP contribution in [0.25, 0.3) is 22.0 Å². The summed E-state index contributed by atoms with van der Waals surface area (Å²) in [6.07, 6.45) is 3.35. The number of aromatic nitrogens is 3. The minimum absolute atomic E-state index is 0.209. The number of ketones is 1. The first-order valence-corrected chi connectivity index (χ1v) is 7.52.